The Morgan fingerprint density at radius 2 is 1.62 bits per heavy atom. The van der Waals surface area contributed by atoms with E-state index in [0.717, 1.165) is 10.3 Å². The summed E-state index contributed by atoms with van der Waals surface area (Å²) >= 11 is 2.54. The lowest BCUT2D eigenvalue weighted by atomic mass is 9.95. The zero-order valence-corrected chi connectivity index (χ0v) is 28.6. The van der Waals surface area contributed by atoms with Crippen LogP contribution in [0.25, 0.3) is 10.8 Å². The summed E-state index contributed by atoms with van der Waals surface area (Å²) in [6, 6.07) is 22.0. The summed E-state index contributed by atoms with van der Waals surface area (Å²) in [7, 11) is -4.27. The quantitative estimate of drug-likeness (QED) is 0.139. The highest BCUT2D eigenvalue weighted by Gasteiger charge is 2.48. The molecule has 0 aliphatic carbocycles. The molecule has 0 saturated carbocycles. The maximum atomic E-state index is 13.5. The maximum Gasteiger partial charge on any atom is 0.264 e. The van der Waals surface area contributed by atoms with Gasteiger partial charge in [-0.05, 0) is 91.8 Å². The van der Waals surface area contributed by atoms with E-state index in [4.69, 9.17) is 0 Å². The maximum absolute atomic E-state index is 13.5. The Balaban J connectivity index is 1.33. The predicted molar refractivity (Wildman–Crippen MR) is 187 cm³/mol. The number of benzene rings is 3. The van der Waals surface area contributed by atoms with Crippen LogP contribution in [0.2, 0.25) is 0 Å². The van der Waals surface area contributed by atoms with Crippen LogP contribution in [-0.4, -0.2) is 54.7 Å². The lowest BCUT2D eigenvalue weighted by molar-refractivity contribution is -0.141. The van der Waals surface area contributed by atoms with Crippen LogP contribution in [0.1, 0.15) is 40.4 Å². The number of Topliss-reactive ketones (excluding diaryl/α,β-unsaturated/α-hetero) is 1. The van der Waals surface area contributed by atoms with Crippen molar-refractivity contribution in [3.63, 3.8) is 0 Å². The summed E-state index contributed by atoms with van der Waals surface area (Å²) in [5.41, 5.74) is 1.03. The number of amides is 3. The van der Waals surface area contributed by atoms with E-state index in [-0.39, 0.29) is 23.5 Å². The van der Waals surface area contributed by atoms with Gasteiger partial charge in [0, 0.05) is 23.7 Å². The summed E-state index contributed by atoms with van der Waals surface area (Å²) < 4.78 is 27.4. The number of ketones is 1. The van der Waals surface area contributed by atoms with E-state index in [1.807, 2.05) is 31.2 Å². The molecule has 3 amide bonds. The molecule has 5 rings (SSSR count). The standard InChI is InChI=1S/C35H35N3O6S3/c1-4-38(5-2)33(41)29(32(40)37-47(43,44)28-17-14-25-9-6-7-10-26(25)22-28)21-24-12-15-27(16-13-24)36-34(42)35(19-8-20-45-35)31(39)30-18-11-23(3)46-30/h6-18,20,22,29H,4-5,19,21H2,1-3H3,(H,36,42)(H,37,40). The Kier molecular flexibility index (Phi) is 10.3. The molecule has 1 aliphatic heterocycles. The van der Waals surface area contributed by atoms with Crippen molar-refractivity contribution in [1.82, 2.24) is 9.62 Å². The molecule has 0 radical (unpaired) electrons. The monoisotopic (exact) mass is 689 g/mol. The molecule has 2 heterocycles. The highest BCUT2D eigenvalue weighted by atomic mass is 32.2. The van der Waals surface area contributed by atoms with Crippen LogP contribution in [0.15, 0.2) is 95.2 Å². The second-order valence-electron chi connectivity index (χ2n) is 11.2. The number of thiophene rings is 1. The van der Waals surface area contributed by atoms with E-state index < -0.39 is 38.4 Å². The Hall–Kier alpha value is -4.26. The molecule has 0 spiro atoms. The molecular weight excluding hydrogens is 655 g/mol. The van der Waals surface area contributed by atoms with E-state index in [1.165, 1.54) is 40.1 Å². The molecule has 0 fully saturated rings. The van der Waals surface area contributed by atoms with E-state index >= 15 is 0 Å². The zero-order chi connectivity index (χ0) is 33.8. The van der Waals surface area contributed by atoms with Crippen molar-refractivity contribution in [2.24, 2.45) is 5.92 Å². The largest absolute Gasteiger partial charge is 0.343 e. The molecule has 0 bridgehead atoms. The Morgan fingerprint density at radius 1 is 0.915 bits per heavy atom. The number of nitrogens with one attached hydrogen (secondary N) is 2. The van der Waals surface area contributed by atoms with E-state index in [9.17, 15) is 27.6 Å². The molecular formula is C35H35N3O6S3. The summed E-state index contributed by atoms with van der Waals surface area (Å²) in [5.74, 6) is -3.43. The van der Waals surface area contributed by atoms with Gasteiger partial charge in [-0.2, -0.15) is 0 Å². The molecule has 2 unspecified atom stereocenters. The van der Waals surface area contributed by atoms with Crippen molar-refractivity contribution in [2.45, 2.75) is 43.3 Å². The van der Waals surface area contributed by atoms with Crippen LogP contribution in [0.5, 0.6) is 0 Å². The fraction of sp³-hybridized carbons (Fsp3) is 0.257. The van der Waals surface area contributed by atoms with Crippen molar-refractivity contribution >= 4 is 73.1 Å². The topological polar surface area (TPSA) is 130 Å². The molecule has 4 aromatic rings. The molecule has 0 saturated heterocycles. The summed E-state index contributed by atoms with van der Waals surface area (Å²) in [5, 5.41) is 6.17. The minimum atomic E-state index is -4.27. The molecule has 2 atom stereocenters. The summed E-state index contributed by atoms with van der Waals surface area (Å²) in [6.45, 7) is 6.17. The average molecular weight is 690 g/mol. The van der Waals surface area contributed by atoms with Crippen molar-refractivity contribution in [1.29, 1.82) is 0 Å². The first-order chi connectivity index (χ1) is 22.5. The number of allylic oxidation sites excluding steroid dienone is 1. The number of nitrogens with zero attached hydrogens (tertiary/aromatic N) is 1. The Bertz CT molecular complexity index is 1960. The molecule has 9 nitrogen and oxygen atoms in total. The fourth-order valence-electron chi connectivity index (χ4n) is 5.41. The number of thioether (sulfide) groups is 1. The lowest BCUT2D eigenvalue weighted by Crippen LogP contribution is -2.46. The van der Waals surface area contributed by atoms with Crippen molar-refractivity contribution in [2.75, 3.05) is 18.4 Å². The van der Waals surface area contributed by atoms with Gasteiger partial charge in [-0.3, -0.25) is 19.2 Å². The lowest BCUT2D eigenvalue weighted by Gasteiger charge is -2.25. The van der Waals surface area contributed by atoms with Gasteiger partial charge in [0.15, 0.2) is 10.5 Å². The van der Waals surface area contributed by atoms with Gasteiger partial charge in [-0.15, -0.1) is 23.1 Å². The summed E-state index contributed by atoms with van der Waals surface area (Å²) in [4.78, 5) is 56.9. The van der Waals surface area contributed by atoms with E-state index in [1.54, 1.807) is 67.8 Å². The Morgan fingerprint density at radius 3 is 2.23 bits per heavy atom. The second-order valence-corrected chi connectivity index (χ2v) is 15.3. The third-order valence-corrected chi connectivity index (χ3v) is 11.7. The number of hydrogen-bond acceptors (Lipinski definition) is 8. The normalized spacial score (nSPS) is 16.5. The van der Waals surface area contributed by atoms with Crippen LogP contribution >= 0.6 is 23.1 Å². The number of carbonyl (C=O) groups excluding carboxylic acids is 4. The molecule has 2 N–H and O–H groups in total. The molecule has 1 aliphatic rings. The van der Waals surface area contributed by atoms with Crippen LogP contribution < -0.4 is 10.0 Å². The van der Waals surface area contributed by atoms with Gasteiger partial charge in [-0.25, -0.2) is 13.1 Å². The minimum Gasteiger partial charge on any atom is -0.343 e. The van der Waals surface area contributed by atoms with Gasteiger partial charge in [0.2, 0.25) is 17.7 Å². The van der Waals surface area contributed by atoms with Crippen molar-refractivity contribution < 1.29 is 27.6 Å². The summed E-state index contributed by atoms with van der Waals surface area (Å²) in [6.07, 6.45) is 2.01. The van der Waals surface area contributed by atoms with Crippen LogP contribution in [-0.2, 0) is 30.8 Å². The molecule has 244 valence electrons. The number of carbonyl (C=O) groups is 4. The van der Waals surface area contributed by atoms with Gasteiger partial charge in [0.1, 0.15) is 5.92 Å². The van der Waals surface area contributed by atoms with Gasteiger partial charge in [0.25, 0.3) is 10.0 Å². The first-order valence-corrected chi connectivity index (χ1v) is 18.3. The van der Waals surface area contributed by atoms with Gasteiger partial charge in [0.05, 0.1) is 9.77 Å². The van der Waals surface area contributed by atoms with Crippen molar-refractivity contribution in [3.8, 4) is 0 Å². The van der Waals surface area contributed by atoms with Gasteiger partial charge < -0.3 is 10.2 Å². The number of hydrogen-bond donors (Lipinski definition) is 2. The minimum absolute atomic E-state index is 0.0669. The van der Waals surface area contributed by atoms with E-state index in [2.05, 4.69) is 10.0 Å². The number of sulfonamides is 1. The van der Waals surface area contributed by atoms with Gasteiger partial charge >= 0.3 is 0 Å². The Labute approximate surface area is 282 Å². The number of fused-ring (bicyclic) bond motifs is 1. The number of aryl methyl sites for hydroxylation is 1. The fourth-order valence-corrected chi connectivity index (χ4v) is 8.41. The molecule has 1 aromatic heterocycles. The van der Waals surface area contributed by atoms with Crippen LogP contribution in [0.4, 0.5) is 5.69 Å². The average Bonchev–Trinajstić information content (AvgIpc) is 3.74. The van der Waals surface area contributed by atoms with Crippen LogP contribution in [0.3, 0.4) is 0 Å². The molecule has 3 aromatic carbocycles. The second kappa shape index (κ2) is 14.2. The first-order valence-electron chi connectivity index (χ1n) is 15.2. The van der Waals surface area contributed by atoms with Gasteiger partial charge in [-0.1, -0.05) is 48.5 Å². The molecule has 47 heavy (non-hydrogen) atoms. The highest BCUT2D eigenvalue weighted by molar-refractivity contribution is 8.05. The zero-order valence-electron chi connectivity index (χ0n) is 26.2. The smallest absolute Gasteiger partial charge is 0.264 e. The predicted octanol–water partition coefficient (Wildman–Crippen LogP) is 5.95. The highest BCUT2D eigenvalue weighted by Crippen LogP contribution is 2.41. The molecule has 12 heteroatoms. The van der Waals surface area contributed by atoms with Crippen LogP contribution in [0, 0.1) is 12.8 Å². The SMILES string of the molecule is CCN(CC)C(=O)C(Cc1ccc(NC(=O)C2(C(=O)c3ccc(C)s3)CC=CS2)cc1)C(=O)NS(=O)(=O)c1ccc2ccccc2c1. The van der Waals surface area contributed by atoms with E-state index in [0.29, 0.717) is 34.6 Å². The third kappa shape index (κ3) is 7.34. The van der Waals surface area contributed by atoms with Crippen molar-refractivity contribution in [3.05, 3.63) is 106 Å². The first kappa shape index (κ1) is 34.1. The number of anilines is 1. The third-order valence-electron chi connectivity index (χ3n) is 8.08. The number of rotatable bonds is 12.